The van der Waals surface area contributed by atoms with Crippen LogP contribution < -0.4 is 9.47 Å². The molecule has 1 fully saturated rings. The smallest absolute Gasteiger partial charge is 0.320 e. The van der Waals surface area contributed by atoms with Gasteiger partial charge in [-0.15, -0.1) is 0 Å². The number of aliphatic carboxylic acids is 1. The van der Waals surface area contributed by atoms with Crippen LogP contribution in [0.5, 0.6) is 11.5 Å². The van der Waals surface area contributed by atoms with Gasteiger partial charge in [0.1, 0.15) is 17.5 Å². The second-order valence-electron chi connectivity index (χ2n) is 6.66. The Morgan fingerprint density at radius 2 is 2.00 bits per heavy atom. The molecule has 2 aromatic carbocycles. The minimum absolute atomic E-state index is 0.205. The standard InChI is InChI=1S/C21H25NO4/c1-14-6-4-7-15(12-14)20(22-11-5-8-18(22)21(23)24)17-13-16(25-2)9-10-19(17)26-3/h4,6-7,9-10,12-13,18,20H,5,8,11H2,1-3H3,(H,23,24). The molecule has 5 nitrogen and oxygen atoms in total. The number of hydrogen-bond donors (Lipinski definition) is 1. The van der Waals surface area contributed by atoms with Gasteiger partial charge < -0.3 is 14.6 Å². The molecule has 0 spiro atoms. The quantitative estimate of drug-likeness (QED) is 0.857. The third-order valence-corrected chi connectivity index (χ3v) is 5.00. The van der Waals surface area contributed by atoms with Gasteiger partial charge in [0, 0.05) is 12.1 Å². The highest BCUT2D eigenvalue weighted by molar-refractivity contribution is 5.74. The molecule has 5 heteroatoms. The van der Waals surface area contributed by atoms with E-state index in [1.165, 1.54) is 0 Å². The SMILES string of the molecule is COc1ccc(OC)c(C(c2cccc(C)c2)N2CCCC2C(=O)O)c1. The molecule has 0 aliphatic carbocycles. The topological polar surface area (TPSA) is 59.0 Å². The molecule has 2 atom stereocenters. The summed E-state index contributed by atoms with van der Waals surface area (Å²) in [7, 11) is 3.26. The summed E-state index contributed by atoms with van der Waals surface area (Å²) in [5, 5.41) is 9.71. The van der Waals surface area contributed by atoms with Crippen molar-refractivity contribution in [1.82, 2.24) is 4.90 Å². The average molecular weight is 355 g/mol. The summed E-state index contributed by atoms with van der Waals surface area (Å²) in [5.41, 5.74) is 3.12. The lowest BCUT2D eigenvalue weighted by Crippen LogP contribution is -2.39. The number of rotatable bonds is 6. The number of aryl methyl sites for hydroxylation is 1. The molecule has 2 aromatic rings. The van der Waals surface area contributed by atoms with Crippen LogP contribution in [0.1, 0.15) is 35.6 Å². The zero-order chi connectivity index (χ0) is 18.7. The Morgan fingerprint density at radius 1 is 1.19 bits per heavy atom. The van der Waals surface area contributed by atoms with Crippen molar-refractivity contribution in [2.75, 3.05) is 20.8 Å². The van der Waals surface area contributed by atoms with Crippen LogP contribution in [0.15, 0.2) is 42.5 Å². The zero-order valence-electron chi connectivity index (χ0n) is 15.4. The highest BCUT2D eigenvalue weighted by Crippen LogP contribution is 2.40. The van der Waals surface area contributed by atoms with Crippen molar-refractivity contribution >= 4 is 5.97 Å². The molecule has 0 radical (unpaired) electrons. The zero-order valence-corrected chi connectivity index (χ0v) is 15.4. The molecule has 1 aliphatic rings. The largest absolute Gasteiger partial charge is 0.497 e. The van der Waals surface area contributed by atoms with Crippen LogP contribution >= 0.6 is 0 Å². The Hall–Kier alpha value is -2.53. The van der Waals surface area contributed by atoms with E-state index >= 15 is 0 Å². The van der Waals surface area contributed by atoms with Gasteiger partial charge in [0.25, 0.3) is 0 Å². The Morgan fingerprint density at radius 3 is 2.65 bits per heavy atom. The Bertz CT molecular complexity index is 789. The maximum atomic E-state index is 11.8. The number of hydrogen-bond acceptors (Lipinski definition) is 4. The molecule has 0 amide bonds. The average Bonchev–Trinajstić information content (AvgIpc) is 3.11. The predicted molar refractivity (Wildman–Crippen MR) is 99.9 cm³/mol. The molecule has 1 heterocycles. The maximum Gasteiger partial charge on any atom is 0.320 e. The number of likely N-dealkylation sites (tertiary alicyclic amines) is 1. The van der Waals surface area contributed by atoms with E-state index in [2.05, 4.69) is 11.0 Å². The number of methoxy groups -OCH3 is 2. The Labute approximate surface area is 154 Å². The van der Waals surface area contributed by atoms with Crippen LogP contribution in [-0.2, 0) is 4.79 Å². The summed E-state index contributed by atoms with van der Waals surface area (Å²) in [5.74, 6) is 0.680. The van der Waals surface area contributed by atoms with Crippen molar-refractivity contribution in [3.63, 3.8) is 0 Å². The molecule has 0 saturated carbocycles. The molecule has 138 valence electrons. The summed E-state index contributed by atoms with van der Waals surface area (Å²) in [6.07, 6.45) is 1.52. The normalized spacial score (nSPS) is 18.5. The van der Waals surface area contributed by atoms with Crippen molar-refractivity contribution in [2.24, 2.45) is 0 Å². The summed E-state index contributed by atoms with van der Waals surface area (Å²) < 4.78 is 11.0. The number of carbonyl (C=O) groups is 1. The predicted octanol–water partition coefficient (Wildman–Crippen LogP) is 3.65. The van der Waals surface area contributed by atoms with Crippen LogP contribution in [0.25, 0.3) is 0 Å². The van der Waals surface area contributed by atoms with Gasteiger partial charge in [-0.3, -0.25) is 9.69 Å². The van der Waals surface area contributed by atoms with Crippen molar-refractivity contribution in [2.45, 2.75) is 31.8 Å². The monoisotopic (exact) mass is 355 g/mol. The van der Waals surface area contributed by atoms with Gasteiger partial charge in [0.05, 0.1) is 20.3 Å². The Kier molecular flexibility index (Phi) is 5.47. The van der Waals surface area contributed by atoms with Crippen LogP contribution in [0.2, 0.25) is 0 Å². The highest BCUT2D eigenvalue weighted by Gasteiger charge is 2.38. The third-order valence-electron chi connectivity index (χ3n) is 5.00. The molecule has 1 N–H and O–H groups in total. The van der Waals surface area contributed by atoms with E-state index in [1.54, 1.807) is 14.2 Å². The lowest BCUT2D eigenvalue weighted by Gasteiger charge is -2.33. The first-order valence-electron chi connectivity index (χ1n) is 8.82. The number of ether oxygens (including phenoxy) is 2. The van der Waals surface area contributed by atoms with E-state index in [1.807, 2.05) is 43.3 Å². The summed E-state index contributed by atoms with van der Waals surface area (Å²) in [6, 6.07) is 13.2. The number of carboxylic acid groups (broad SMARTS) is 1. The minimum Gasteiger partial charge on any atom is -0.497 e. The second kappa shape index (κ2) is 7.79. The highest BCUT2D eigenvalue weighted by atomic mass is 16.5. The number of carboxylic acids is 1. The lowest BCUT2D eigenvalue weighted by molar-refractivity contribution is -0.142. The van der Waals surface area contributed by atoms with Crippen LogP contribution in [-0.4, -0.2) is 42.8 Å². The summed E-state index contributed by atoms with van der Waals surface area (Å²) >= 11 is 0. The number of nitrogens with zero attached hydrogens (tertiary/aromatic N) is 1. The molecule has 0 bridgehead atoms. The van der Waals surface area contributed by atoms with Gasteiger partial charge >= 0.3 is 5.97 Å². The van der Waals surface area contributed by atoms with Crippen LogP contribution in [0.4, 0.5) is 0 Å². The molecule has 1 aliphatic heterocycles. The second-order valence-corrected chi connectivity index (χ2v) is 6.66. The van der Waals surface area contributed by atoms with E-state index in [-0.39, 0.29) is 6.04 Å². The molecule has 3 rings (SSSR count). The fraction of sp³-hybridized carbons (Fsp3) is 0.381. The Balaban J connectivity index is 2.17. The molecule has 26 heavy (non-hydrogen) atoms. The molecule has 2 unspecified atom stereocenters. The van der Waals surface area contributed by atoms with E-state index in [0.29, 0.717) is 6.42 Å². The fourth-order valence-electron chi connectivity index (χ4n) is 3.81. The van der Waals surface area contributed by atoms with Gasteiger partial charge in [-0.2, -0.15) is 0 Å². The van der Waals surface area contributed by atoms with E-state index < -0.39 is 12.0 Å². The molecular formula is C21H25NO4. The minimum atomic E-state index is -0.776. The fourth-order valence-corrected chi connectivity index (χ4v) is 3.81. The first kappa shape index (κ1) is 18.3. The van der Waals surface area contributed by atoms with Crippen LogP contribution in [0, 0.1) is 6.92 Å². The van der Waals surface area contributed by atoms with Crippen molar-refractivity contribution in [3.05, 3.63) is 59.2 Å². The van der Waals surface area contributed by atoms with Crippen molar-refractivity contribution < 1.29 is 19.4 Å². The maximum absolute atomic E-state index is 11.8. The summed E-state index contributed by atoms with van der Waals surface area (Å²) in [4.78, 5) is 13.9. The van der Waals surface area contributed by atoms with E-state index in [9.17, 15) is 9.90 Å². The van der Waals surface area contributed by atoms with Gasteiger partial charge in [0.15, 0.2) is 0 Å². The molecular weight excluding hydrogens is 330 g/mol. The third kappa shape index (κ3) is 3.53. The lowest BCUT2D eigenvalue weighted by atomic mass is 9.94. The van der Waals surface area contributed by atoms with Gasteiger partial charge in [-0.25, -0.2) is 0 Å². The van der Waals surface area contributed by atoms with Gasteiger partial charge in [0.2, 0.25) is 0 Å². The summed E-state index contributed by atoms with van der Waals surface area (Å²) in [6.45, 7) is 2.78. The molecule has 0 aromatic heterocycles. The van der Waals surface area contributed by atoms with Crippen molar-refractivity contribution in [1.29, 1.82) is 0 Å². The first-order valence-corrected chi connectivity index (χ1v) is 8.82. The van der Waals surface area contributed by atoms with Gasteiger partial charge in [-0.1, -0.05) is 29.8 Å². The van der Waals surface area contributed by atoms with E-state index in [0.717, 1.165) is 41.2 Å². The van der Waals surface area contributed by atoms with Crippen LogP contribution in [0.3, 0.4) is 0 Å². The molecule has 1 saturated heterocycles. The van der Waals surface area contributed by atoms with Crippen molar-refractivity contribution in [3.8, 4) is 11.5 Å². The first-order chi connectivity index (χ1) is 12.5. The number of benzene rings is 2. The van der Waals surface area contributed by atoms with E-state index in [4.69, 9.17) is 9.47 Å². The van der Waals surface area contributed by atoms with Gasteiger partial charge in [-0.05, 0) is 43.5 Å².